The summed E-state index contributed by atoms with van der Waals surface area (Å²) < 4.78 is 6.06. The molecule has 0 aliphatic heterocycles. The van der Waals surface area contributed by atoms with E-state index in [4.69, 9.17) is 15.5 Å². The van der Waals surface area contributed by atoms with Gasteiger partial charge in [0.1, 0.15) is 5.52 Å². The van der Waals surface area contributed by atoms with Crippen LogP contribution < -0.4 is 10.5 Å². The molecule has 36 heavy (non-hydrogen) atoms. The highest BCUT2D eigenvalue weighted by Crippen LogP contribution is 2.48. The van der Waals surface area contributed by atoms with Gasteiger partial charge in [-0.05, 0) is 95.9 Å². The first-order valence-corrected chi connectivity index (χ1v) is 13.4. The number of nitrogens with zero attached hydrogens (tertiary/aromatic N) is 2. The maximum Gasteiger partial charge on any atom is 0.317 e. The smallest absolute Gasteiger partial charge is 0.317 e. The molecule has 0 amide bonds. The van der Waals surface area contributed by atoms with Crippen molar-refractivity contribution < 1.29 is 4.74 Å². The number of benzene rings is 1. The van der Waals surface area contributed by atoms with Crippen LogP contribution in [0.4, 0.5) is 5.69 Å². The van der Waals surface area contributed by atoms with Gasteiger partial charge in [0.15, 0.2) is 0 Å². The highest BCUT2D eigenvalue weighted by atomic mass is 16.5. The van der Waals surface area contributed by atoms with Crippen molar-refractivity contribution in [1.82, 2.24) is 9.97 Å². The van der Waals surface area contributed by atoms with Crippen molar-refractivity contribution in [3.8, 4) is 6.01 Å². The second-order valence-electron chi connectivity index (χ2n) is 10.5. The first-order valence-electron chi connectivity index (χ1n) is 13.4. The van der Waals surface area contributed by atoms with Crippen LogP contribution in [0.15, 0.2) is 40.1 Å². The fourth-order valence-corrected chi connectivity index (χ4v) is 4.97. The number of nitrogen functional groups attached to an aromatic ring is 1. The molecule has 1 aromatic carbocycles. The highest BCUT2D eigenvalue weighted by Gasteiger charge is 2.41. The van der Waals surface area contributed by atoms with Gasteiger partial charge in [0.05, 0.1) is 18.0 Å². The molecule has 0 spiro atoms. The average molecular weight is 489 g/mol. The lowest BCUT2D eigenvalue weighted by molar-refractivity contribution is 0.214. The van der Waals surface area contributed by atoms with Crippen molar-refractivity contribution in [3.05, 3.63) is 56.8 Å². The van der Waals surface area contributed by atoms with E-state index in [0.717, 1.165) is 63.6 Å². The molecule has 2 aromatic rings. The van der Waals surface area contributed by atoms with E-state index in [1.807, 2.05) is 13.1 Å². The zero-order valence-corrected chi connectivity index (χ0v) is 23.8. The number of nitrogens with two attached hydrogens (primary N) is 1. The number of fused-ring (bicyclic) bond motifs is 1. The zero-order chi connectivity index (χ0) is 26.8. The van der Waals surface area contributed by atoms with E-state index in [0.29, 0.717) is 29.5 Å². The third kappa shape index (κ3) is 5.11. The molecule has 0 radical (unpaired) electrons. The molecule has 0 saturated heterocycles. The minimum atomic E-state index is 0.279. The number of aryl methyl sites for hydroxylation is 1. The van der Waals surface area contributed by atoms with E-state index in [9.17, 15) is 5.41 Å². The van der Waals surface area contributed by atoms with Gasteiger partial charge in [0.2, 0.25) is 0 Å². The number of ether oxygens (including phenoxy) is 1. The van der Waals surface area contributed by atoms with E-state index >= 15 is 0 Å². The summed E-state index contributed by atoms with van der Waals surface area (Å²) in [5, 5.41) is 10.5. The quantitative estimate of drug-likeness (QED) is 0.202. The van der Waals surface area contributed by atoms with Crippen molar-refractivity contribution in [3.63, 3.8) is 0 Å². The van der Waals surface area contributed by atoms with Crippen LogP contribution in [-0.2, 0) is 12.8 Å². The molecule has 0 unspecified atom stereocenters. The number of rotatable bonds is 10. The summed E-state index contributed by atoms with van der Waals surface area (Å²) in [4.78, 5) is 9.36. The van der Waals surface area contributed by atoms with Gasteiger partial charge in [-0.2, -0.15) is 4.98 Å². The van der Waals surface area contributed by atoms with Crippen LogP contribution in [0.2, 0.25) is 0 Å². The van der Waals surface area contributed by atoms with Gasteiger partial charge in [-0.25, -0.2) is 4.98 Å². The lowest BCUT2D eigenvalue weighted by Gasteiger charge is -2.23. The molecule has 5 heteroatoms. The average Bonchev–Trinajstić information content (AvgIpc) is 3.66. The molecule has 3 N–H and O–H groups in total. The highest BCUT2D eigenvalue weighted by molar-refractivity contribution is 6.20. The second-order valence-corrected chi connectivity index (χ2v) is 10.5. The maximum atomic E-state index is 9.52. The predicted octanol–water partition coefficient (Wildman–Crippen LogP) is 7.91. The van der Waals surface area contributed by atoms with Gasteiger partial charge >= 0.3 is 6.01 Å². The van der Waals surface area contributed by atoms with Gasteiger partial charge in [0.25, 0.3) is 0 Å². The molecule has 0 bridgehead atoms. The van der Waals surface area contributed by atoms with Crippen LogP contribution in [0.1, 0.15) is 98.3 Å². The molecule has 1 aliphatic carbocycles. The Morgan fingerprint density at radius 2 is 1.69 bits per heavy atom. The molecule has 1 aliphatic rings. The van der Waals surface area contributed by atoms with Crippen LogP contribution >= 0.6 is 0 Å². The summed E-state index contributed by atoms with van der Waals surface area (Å²) in [5.74, 6) is 0. The monoisotopic (exact) mass is 488 g/mol. The number of aromatic nitrogens is 2. The molecule has 1 heterocycles. The van der Waals surface area contributed by atoms with Crippen molar-refractivity contribution in [2.75, 3.05) is 12.3 Å². The Kier molecular flexibility index (Phi) is 8.43. The van der Waals surface area contributed by atoms with Gasteiger partial charge in [0, 0.05) is 28.1 Å². The Labute approximate surface area is 217 Å². The van der Waals surface area contributed by atoms with Crippen LogP contribution in [0.5, 0.6) is 6.01 Å². The minimum absolute atomic E-state index is 0.279. The largest absolute Gasteiger partial charge is 0.463 e. The molecule has 3 rings (SSSR count). The van der Waals surface area contributed by atoms with Crippen LogP contribution in [0, 0.1) is 10.8 Å². The summed E-state index contributed by atoms with van der Waals surface area (Å²) in [6.07, 6.45) is 9.06. The normalized spacial score (nSPS) is 15.5. The summed E-state index contributed by atoms with van der Waals surface area (Å²) in [7, 11) is 0. The predicted molar refractivity (Wildman–Crippen MR) is 153 cm³/mol. The number of nitrogens with one attached hydrogen (secondary N) is 1. The number of hydrogen-bond donors (Lipinski definition) is 2. The molecule has 5 nitrogen and oxygen atoms in total. The number of anilines is 1. The maximum absolute atomic E-state index is 9.52. The number of allylic oxidation sites excluding steroid dienone is 6. The molecule has 0 atom stereocenters. The van der Waals surface area contributed by atoms with Gasteiger partial charge < -0.3 is 10.5 Å². The fraction of sp³-hybridized carbons (Fsp3) is 0.516. The van der Waals surface area contributed by atoms with Crippen molar-refractivity contribution >= 4 is 22.3 Å². The first-order chi connectivity index (χ1) is 17.1. The van der Waals surface area contributed by atoms with Crippen LogP contribution in [-0.4, -0.2) is 22.3 Å². The number of hydrogen-bond acceptors (Lipinski definition) is 5. The summed E-state index contributed by atoms with van der Waals surface area (Å²) >= 11 is 0. The van der Waals surface area contributed by atoms with Gasteiger partial charge in [-0.15, -0.1) is 0 Å². The molecule has 1 aromatic heterocycles. The molecular formula is C31H44N4O. The summed E-state index contributed by atoms with van der Waals surface area (Å²) in [5.41, 5.74) is 17.4. The topological polar surface area (TPSA) is 84.9 Å². The lowest BCUT2D eigenvalue weighted by atomic mass is 9.83. The third-order valence-electron chi connectivity index (χ3n) is 8.23. The SMILES string of the molecule is C/C=C(C)\C(C)=C(/C(=N)c1c(CC)c(CC)c2cnc(OCC3(CC)CC3)nc2c1N)C(C)=C(C)C. The van der Waals surface area contributed by atoms with Crippen LogP contribution in [0.3, 0.4) is 0 Å². The zero-order valence-electron chi connectivity index (χ0n) is 23.8. The van der Waals surface area contributed by atoms with Gasteiger partial charge in [-0.1, -0.05) is 38.0 Å². The Morgan fingerprint density at radius 3 is 2.19 bits per heavy atom. The fourth-order valence-electron chi connectivity index (χ4n) is 4.97. The molecule has 1 fully saturated rings. The van der Waals surface area contributed by atoms with Gasteiger partial charge in [-0.3, -0.25) is 5.41 Å². The molecule has 194 valence electrons. The van der Waals surface area contributed by atoms with Crippen LogP contribution in [0.25, 0.3) is 10.9 Å². The third-order valence-corrected chi connectivity index (χ3v) is 8.23. The minimum Gasteiger partial charge on any atom is -0.463 e. The standard InChI is InChI=1S/C31H44N4O/c1-10-19(7)21(9)25(20(8)18(5)6)27(32)26-23(12-3)22(11-2)24-16-34-30(35-29(24)28(26)33)36-17-31(13-4)14-15-31/h10,16,32H,11-15,17,33H2,1-9H3/b19-10-,25-21-,32-27?. The molecule has 1 saturated carbocycles. The Bertz CT molecular complexity index is 1270. The molecular weight excluding hydrogens is 444 g/mol. The van der Waals surface area contributed by atoms with Crippen molar-refractivity contribution in [2.45, 2.75) is 94.4 Å². The van der Waals surface area contributed by atoms with Crippen molar-refractivity contribution in [2.24, 2.45) is 5.41 Å². The van der Waals surface area contributed by atoms with Crippen molar-refractivity contribution in [1.29, 1.82) is 5.41 Å². The lowest BCUT2D eigenvalue weighted by Crippen LogP contribution is -2.17. The summed E-state index contributed by atoms with van der Waals surface area (Å²) in [6.45, 7) is 19.7. The first kappa shape index (κ1) is 27.6. The Balaban J connectivity index is 2.27. The van der Waals surface area contributed by atoms with E-state index in [-0.39, 0.29) is 5.41 Å². The van der Waals surface area contributed by atoms with E-state index in [1.54, 1.807) is 0 Å². The van der Waals surface area contributed by atoms with E-state index in [1.165, 1.54) is 18.4 Å². The Morgan fingerprint density at radius 1 is 1.06 bits per heavy atom. The Hall–Kier alpha value is -2.95. The summed E-state index contributed by atoms with van der Waals surface area (Å²) in [6, 6.07) is 0.370. The van der Waals surface area contributed by atoms with E-state index < -0.39 is 0 Å². The van der Waals surface area contributed by atoms with E-state index in [2.05, 4.69) is 66.4 Å². The second kappa shape index (κ2) is 11.0.